The molecule has 2 heterocycles. The van der Waals surface area contributed by atoms with Crippen LogP contribution < -0.4 is 5.73 Å². The van der Waals surface area contributed by atoms with E-state index in [1.165, 1.54) is 8.61 Å². The molecule has 0 radical (unpaired) electrons. The third kappa shape index (κ3) is 5.03. The molecule has 158 valence electrons. The van der Waals surface area contributed by atoms with E-state index in [4.69, 9.17) is 10.5 Å². The Morgan fingerprint density at radius 2 is 1.57 bits per heavy atom. The van der Waals surface area contributed by atoms with Crippen LogP contribution >= 0.6 is 12.4 Å². The van der Waals surface area contributed by atoms with Gasteiger partial charge in [-0.15, -0.1) is 12.4 Å². The number of benzene rings is 1. The molecule has 0 aliphatic carbocycles. The molecule has 0 spiro atoms. The summed E-state index contributed by atoms with van der Waals surface area (Å²) in [6, 6.07) is 7.22. The molecule has 2 atom stereocenters. The topological polar surface area (TPSA) is 96.2 Å². The molecule has 10 heteroatoms. The number of morpholine rings is 1. The Kier molecular flexibility index (Phi) is 7.83. The summed E-state index contributed by atoms with van der Waals surface area (Å²) in [6.45, 7) is 6.28. The van der Waals surface area contributed by atoms with Gasteiger partial charge in [0, 0.05) is 51.4 Å². The van der Waals surface area contributed by atoms with E-state index < -0.39 is 10.2 Å². The van der Waals surface area contributed by atoms with Gasteiger partial charge in [-0.2, -0.15) is 17.0 Å². The molecule has 1 amide bonds. The number of nitrogens with two attached hydrogens (primary N) is 1. The van der Waals surface area contributed by atoms with E-state index >= 15 is 0 Å². The highest BCUT2D eigenvalue weighted by Gasteiger charge is 2.37. The largest absolute Gasteiger partial charge is 0.373 e. The van der Waals surface area contributed by atoms with Gasteiger partial charge in [0.2, 0.25) is 0 Å². The minimum absolute atomic E-state index is 0. The minimum atomic E-state index is -3.54. The van der Waals surface area contributed by atoms with E-state index in [1.54, 1.807) is 17.0 Å². The Balaban J connectivity index is 0.00000280. The van der Waals surface area contributed by atoms with Crippen molar-refractivity contribution in [2.24, 2.45) is 5.73 Å². The SMILES string of the molecule is CC1CN(S(=O)(=O)N2CCN(C(=O)c3ccc(CN)cc3)CC2)CC(C)O1.Cl. The van der Waals surface area contributed by atoms with Crippen molar-refractivity contribution in [2.45, 2.75) is 32.6 Å². The van der Waals surface area contributed by atoms with Crippen molar-refractivity contribution in [3.05, 3.63) is 35.4 Å². The van der Waals surface area contributed by atoms with E-state index in [0.29, 0.717) is 51.4 Å². The first-order valence-corrected chi connectivity index (χ1v) is 10.7. The van der Waals surface area contributed by atoms with Crippen LogP contribution in [0.15, 0.2) is 24.3 Å². The van der Waals surface area contributed by atoms with Crippen LogP contribution in [0, 0.1) is 0 Å². The number of nitrogens with zero attached hydrogens (tertiary/aromatic N) is 3. The predicted octanol–water partition coefficient (Wildman–Crippen LogP) is 0.679. The molecule has 3 rings (SSSR count). The van der Waals surface area contributed by atoms with Crippen LogP contribution in [0.5, 0.6) is 0 Å². The predicted molar refractivity (Wildman–Crippen MR) is 110 cm³/mol. The van der Waals surface area contributed by atoms with Crippen molar-refractivity contribution >= 4 is 28.5 Å². The molecule has 8 nitrogen and oxygen atoms in total. The Hall–Kier alpha value is -1.23. The third-order valence-corrected chi connectivity index (χ3v) is 6.97. The number of piperazine rings is 1. The molecule has 0 aromatic heterocycles. The molecule has 2 aliphatic rings. The molecule has 28 heavy (non-hydrogen) atoms. The summed E-state index contributed by atoms with van der Waals surface area (Å²) in [5.41, 5.74) is 7.15. The second kappa shape index (κ2) is 9.51. The van der Waals surface area contributed by atoms with Gasteiger partial charge in [0.15, 0.2) is 0 Å². The number of ether oxygens (including phenoxy) is 1. The number of amides is 1. The fourth-order valence-corrected chi connectivity index (χ4v) is 5.32. The van der Waals surface area contributed by atoms with E-state index in [1.807, 2.05) is 26.0 Å². The first-order chi connectivity index (χ1) is 12.8. The van der Waals surface area contributed by atoms with E-state index in [2.05, 4.69) is 0 Å². The minimum Gasteiger partial charge on any atom is -0.373 e. The van der Waals surface area contributed by atoms with Gasteiger partial charge in [0.25, 0.3) is 16.1 Å². The lowest BCUT2D eigenvalue weighted by molar-refractivity contribution is -0.0457. The molecule has 2 unspecified atom stereocenters. The molecular formula is C18H29ClN4O4S. The van der Waals surface area contributed by atoms with Gasteiger partial charge in [-0.3, -0.25) is 4.79 Å². The summed E-state index contributed by atoms with van der Waals surface area (Å²) < 4.78 is 34.5. The van der Waals surface area contributed by atoms with Crippen LogP contribution in [-0.4, -0.2) is 79.3 Å². The van der Waals surface area contributed by atoms with Crippen molar-refractivity contribution in [1.82, 2.24) is 13.5 Å². The van der Waals surface area contributed by atoms with Crippen molar-refractivity contribution in [3.63, 3.8) is 0 Å². The maximum atomic E-state index is 12.9. The highest BCUT2D eigenvalue weighted by Crippen LogP contribution is 2.19. The Labute approximate surface area is 173 Å². The molecule has 1 aromatic carbocycles. The zero-order valence-electron chi connectivity index (χ0n) is 16.3. The van der Waals surface area contributed by atoms with E-state index in [9.17, 15) is 13.2 Å². The summed E-state index contributed by atoms with van der Waals surface area (Å²) in [5.74, 6) is -0.0794. The molecular weight excluding hydrogens is 404 g/mol. The van der Waals surface area contributed by atoms with Crippen LogP contribution in [0.1, 0.15) is 29.8 Å². The highest BCUT2D eigenvalue weighted by atomic mass is 35.5. The lowest BCUT2D eigenvalue weighted by atomic mass is 10.1. The fraction of sp³-hybridized carbons (Fsp3) is 0.611. The first kappa shape index (κ1) is 23.1. The van der Waals surface area contributed by atoms with Gasteiger partial charge in [-0.1, -0.05) is 12.1 Å². The molecule has 2 fully saturated rings. The molecule has 2 aliphatic heterocycles. The smallest absolute Gasteiger partial charge is 0.282 e. The third-order valence-electron chi connectivity index (χ3n) is 5.00. The van der Waals surface area contributed by atoms with Gasteiger partial charge < -0.3 is 15.4 Å². The molecule has 0 bridgehead atoms. The van der Waals surface area contributed by atoms with Crippen LogP contribution in [0.2, 0.25) is 0 Å². The van der Waals surface area contributed by atoms with Gasteiger partial charge in [0.05, 0.1) is 12.2 Å². The summed E-state index contributed by atoms with van der Waals surface area (Å²) in [7, 11) is -3.54. The van der Waals surface area contributed by atoms with Crippen LogP contribution in [-0.2, 0) is 21.5 Å². The average molecular weight is 433 g/mol. The summed E-state index contributed by atoms with van der Waals surface area (Å²) >= 11 is 0. The van der Waals surface area contributed by atoms with Crippen LogP contribution in [0.4, 0.5) is 0 Å². The van der Waals surface area contributed by atoms with Crippen LogP contribution in [0.3, 0.4) is 0 Å². The first-order valence-electron chi connectivity index (χ1n) is 9.30. The zero-order valence-corrected chi connectivity index (χ0v) is 17.9. The normalized spacial score (nSPS) is 24.6. The van der Waals surface area contributed by atoms with Crippen molar-refractivity contribution in [1.29, 1.82) is 0 Å². The van der Waals surface area contributed by atoms with Gasteiger partial charge in [-0.05, 0) is 31.5 Å². The Morgan fingerprint density at radius 1 is 1.04 bits per heavy atom. The number of hydrogen-bond donors (Lipinski definition) is 1. The van der Waals surface area contributed by atoms with Crippen molar-refractivity contribution in [2.75, 3.05) is 39.3 Å². The second-order valence-corrected chi connectivity index (χ2v) is 9.10. The standard InChI is InChI=1S/C18H28N4O4S.ClH/c1-14-12-22(13-15(2)26-14)27(24,25)21-9-7-20(8-10-21)18(23)17-5-3-16(11-19)4-6-17;/h3-6,14-15H,7-13,19H2,1-2H3;1H. The maximum Gasteiger partial charge on any atom is 0.282 e. The molecule has 2 N–H and O–H groups in total. The lowest BCUT2D eigenvalue weighted by Crippen LogP contribution is -2.57. The second-order valence-electron chi connectivity index (χ2n) is 7.17. The highest BCUT2D eigenvalue weighted by molar-refractivity contribution is 7.86. The fourth-order valence-electron chi connectivity index (χ4n) is 3.57. The van der Waals surface area contributed by atoms with Crippen molar-refractivity contribution < 1.29 is 17.9 Å². The van der Waals surface area contributed by atoms with E-state index in [0.717, 1.165) is 5.56 Å². The summed E-state index contributed by atoms with van der Waals surface area (Å²) in [4.78, 5) is 14.3. The summed E-state index contributed by atoms with van der Waals surface area (Å²) in [5, 5.41) is 0. The van der Waals surface area contributed by atoms with E-state index in [-0.39, 0.29) is 30.5 Å². The molecule has 0 saturated carbocycles. The van der Waals surface area contributed by atoms with Gasteiger partial charge in [0.1, 0.15) is 0 Å². The maximum absolute atomic E-state index is 12.9. The summed E-state index contributed by atoms with van der Waals surface area (Å²) in [6.07, 6.45) is -0.245. The lowest BCUT2D eigenvalue weighted by Gasteiger charge is -2.40. The monoisotopic (exact) mass is 432 g/mol. The molecule has 2 saturated heterocycles. The average Bonchev–Trinajstić information content (AvgIpc) is 2.67. The number of halogens is 1. The van der Waals surface area contributed by atoms with Crippen molar-refractivity contribution in [3.8, 4) is 0 Å². The number of carbonyl (C=O) groups is 1. The van der Waals surface area contributed by atoms with Gasteiger partial charge in [-0.25, -0.2) is 0 Å². The number of hydrogen-bond acceptors (Lipinski definition) is 5. The quantitative estimate of drug-likeness (QED) is 0.754. The Morgan fingerprint density at radius 3 is 2.07 bits per heavy atom. The van der Waals surface area contributed by atoms with Crippen LogP contribution in [0.25, 0.3) is 0 Å². The zero-order chi connectivity index (χ0) is 19.6. The molecule has 1 aromatic rings. The number of carbonyl (C=O) groups excluding carboxylic acids is 1. The number of rotatable bonds is 4. The van der Waals surface area contributed by atoms with Gasteiger partial charge >= 0.3 is 0 Å². The Bertz CT molecular complexity index is 756.